The second-order valence-corrected chi connectivity index (χ2v) is 6.65. The maximum Gasteiger partial charge on any atom is 0.399 e. The molecule has 0 fully saturated rings. The Bertz CT molecular complexity index is 536. The van der Waals surface area contributed by atoms with Crippen LogP contribution in [0.15, 0.2) is 22.7 Å². The van der Waals surface area contributed by atoms with Crippen molar-refractivity contribution in [2.45, 2.75) is 18.6 Å². The molecule has 0 aliphatic carbocycles. The van der Waals surface area contributed by atoms with E-state index in [2.05, 4.69) is 25.4 Å². The number of carbonyl (C=O) groups is 1. The lowest BCUT2D eigenvalue weighted by atomic mass is 10.1. The van der Waals surface area contributed by atoms with E-state index in [9.17, 15) is 18.4 Å². The van der Waals surface area contributed by atoms with E-state index in [1.165, 1.54) is 18.2 Å². The van der Waals surface area contributed by atoms with Crippen LogP contribution in [0.1, 0.15) is 11.1 Å². The number of benzene rings is 1. The summed E-state index contributed by atoms with van der Waals surface area (Å²) < 4.78 is 41.7. The van der Waals surface area contributed by atoms with Gasteiger partial charge in [-0.05, 0) is 32.7 Å². The molecular weight excluding hydrogens is 363 g/mol. The van der Waals surface area contributed by atoms with Gasteiger partial charge in [-0.2, -0.15) is 0 Å². The van der Waals surface area contributed by atoms with E-state index in [1.807, 2.05) is 0 Å². The molecule has 20 heavy (non-hydrogen) atoms. The topological polar surface area (TPSA) is 98.9 Å². The maximum atomic E-state index is 12.0. The average molecular weight is 374 g/mol. The molecule has 0 saturated heterocycles. The number of halogens is 3. The van der Waals surface area contributed by atoms with Crippen molar-refractivity contribution in [3.63, 3.8) is 0 Å². The van der Waals surface area contributed by atoms with Gasteiger partial charge in [0.15, 0.2) is 0 Å². The van der Waals surface area contributed by atoms with E-state index in [-0.39, 0.29) is 12.0 Å². The number of carboxylic acids is 1. The molecule has 0 radical (unpaired) electrons. The van der Waals surface area contributed by atoms with Crippen molar-refractivity contribution in [3.8, 4) is 0 Å². The van der Waals surface area contributed by atoms with E-state index < -0.39 is 25.8 Å². The Morgan fingerprint density at radius 1 is 1.45 bits per heavy atom. The number of hydrogen-bond donors (Lipinski definition) is 2. The molecule has 1 aromatic carbocycles. The Hall–Kier alpha value is -0.860. The summed E-state index contributed by atoms with van der Waals surface area (Å²) in [6.45, 7) is 0. The highest BCUT2D eigenvalue weighted by atomic mass is 79.9. The summed E-state index contributed by atoms with van der Waals surface area (Å²) in [5.74, 6) is -1.15. The second kappa shape index (κ2) is 7.24. The minimum absolute atomic E-state index is 0.0745. The minimum atomic E-state index is -4.47. The Balaban J connectivity index is 2.88. The molecule has 1 atom stereocenters. The first-order valence-electron chi connectivity index (χ1n) is 5.26. The van der Waals surface area contributed by atoms with Crippen LogP contribution in [0.2, 0.25) is 0 Å². The van der Waals surface area contributed by atoms with Crippen LogP contribution in [0.4, 0.5) is 9.05 Å². The van der Waals surface area contributed by atoms with E-state index >= 15 is 0 Å². The summed E-state index contributed by atoms with van der Waals surface area (Å²) in [4.78, 5) is 10.6. The van der Waals surface area contributed by atoms with Gasteiger partial charge in [0.1, 0.15) is 6.04 Å². The van der Waals surface area contributed by atoms with E-state index in [4.69, 9.17) is 10.8 Å². The summed E-state index contributed by atoms with van der Waals surface area (Å²) in [5, 5.41) is 8.69. The first-order valence-corrected chi connectivity index (χ1v) is 7.79. The van der Waals surface area contributed by atoms with Gasteiger partial charge in [0, 0.05) is 4.47 Å². The molecule has 0 spiro atoms. The lowest BCUT2D eigenvalue weighted by Crippen LogP contribution is -2.32. The largest absolute Gasteiger partial charge is 0.480 e. The van der Waals surface area contributed by atoms with Gasteiger partial charge in [0.25, 0.3) is 0 Å². The van der Waals surface area contributed by atoms with Gasteiger partial charge in [-0.25, -0.2) is 0 Å². The Morgan fingerprint density at radius 2 is 2.05 bits per heavy atom. The van der Waals surface area contributed by atoms with Gasteiger partial charge in [-0.15, -0.1) is 9.46 Å². The second-order valence-electron chi connectivity index (χ2n) is 3.98. The number of hydrogen-bond acceptors (Lipinski definition) is 5. The lowest BCUT2D eigenvalue weighted by molar-refractivity contribution is -0.138. The molecule has 112 valence electrons. The fraction of sp³-hybridized carbons (Fsp3) is 0.300. The number of carboxylic acid groups (broad SMARTS) is 1. The van der Waals surface area contributed by atoms with E-state index in [0.29, 0.717) is 10.0 Å². The first kappa shape index (κ1) is 17.2. The highest BCUT2D eigenvalue weighted by molar-refractivity contribution is 9.10. The van der Waals surface area contributed by atoms with Crippen molar-refractivity contribution in [2.75, 3.05) is 0 Å². The maximum absolute atomic E-state index is 12.0. The van der Waals surface area contributed by atoms with Crippen LogP contribution in [0, 0.1) is 0 Å². The van der Waals surface area contributed by atoms with Crippen molar-refractivity contribution >= 4 is 29.5 Å². The summed E-state index contributed by atoms with van der Waals surface area (Å²) in [6, 6.07) is 3.36. The van der Waals surface area contributed by atoms with Crippen LogP contribution < -0.4 is 5.73 Å². The lowest BCUT2D eigenvalue weighted by Gasteiger charge is -2.11. The average Bonchev–Trinajstić information content (AvgIpc) is 2.41. The van der Waals surface area contributed by atoms with Gasteiger partial charge >= 0.3 is 13.6 Å². The SMILES string of the molecule is NC(Cc1ccc(CP(=O)(OF)OF)c(Br)c1)C(=O)O. The molecule has 0 bridgehead atoms. The molecule has 1 rings (SSSR count). The van der Waals surface area contributed by atoms with Gasteiger partial charge in [-0.3, -0.25) is 9.36 Å². The first-order chi connectivity index (χ1) is 9.31. The van der Waals surface area contributed by atoms with Gasteiger partial charge in [-0.1, -0.05) is 28.1 Å². The summed E-state index contributed by atoms with van der Waals surface area (Å²) >= 11 is 3.12. The predicted molar refractivity (Wildman–Crippen MR) is 69.2 cm³/mol. The molecule has 0 aliphatic rings. The summed E-state index contributed by atoms with van der Waals surface area (Å²) in [7, 11) is -4.47. The highest BCUT2D eigenvalue weighted by Crippen LogP contribution is 2.52. The molecule has 0 aliphatic heterocycles. The molecule has 0 heterocycles. The van der Waals surface area contributed by atoms with Crippen LogP contribution in [0.3, 0.4) is 0 Å². The molecule has 0 aromatic heterocycles. The Labute approximate surface area is 121 Å². The molecule has 3 N–H and O–H groups in total. The van der Waals surface area contributed by atoms with E-state index in [0.717, 1.165) is 0 Å². The monoisotopic (exact) mass is 373 g/mol. The molecule has 1 aromatic rings. The number of aliphatic carboxylic acids is 1. The Kier molecular flexibility index (Phi) is 6.22. The van der Waals surface area contributed by atoms with Crippen LogP contribution in [-0.2, 0) is 31.4 Å². The fourth-order valence-corrected chi connectivity index (χ4v) is 3.05. The Morgan fingerprint density at radius 3 is 2.50 bits per heavy atom. The smallest absolute Gasteiger partial charge is 0.399 e. The molecule has 0 amide bonds. The summed E-state index contributed by atoms with van der Waals surface area (Å²) in [6.07, 6.45) is -0.545. The van der Waals surface area contributed by atoms with Crippen LogP contribution in [-0.4, -0.2) is 17.1 Å². The predicted octanol–water partition coefficient (Wildman–Crippen LogP) is 2.90. The van der Waals surface area contributed by atoms with Gasteiger partial charge in [0.05, 0.1) is 6.16 Å². The standard InChI is InChI=1S/C10H11BrF2NO5P/c11-8-3-6(4-9(14)10(15)16)1-2-7(8)5-20(17,18-12)19-13/h1-3,9H,4-5,14H2,(H,15,16). The highest BCUT2D eigenvalue weighted by Gasteiger charge is 2.29. The third kappa shape index (κ3) is 4.60. The van der Waals surface area contributed by atoms with Crippen molar-refractivity contribution in [2.24, 2.45) is 5.73 Å². The fourth-order valence-electron chi connectivity index (χ4n) is 1.46. The van der Waals surface area contributed by atoms with Crippen LogP contribution in [0.5, 0.6) is 0 Å². The normalized spacial score (nSPS) is 13.2. The zero-order chi connectivity index (χ0) is 15.3. The van der Waals surface area contributed by atoms with Crippen molar-refractivity contribution in [3.05, 3.63) is 33.8 Å². The number of nitrogens with two attached hydrogens (primary N) is 1. The number of rotatable bonds is 7. The van der Waals surface area contributed by atoms with Crippen molar-refractivity contribution < 1.29 is 33.0 Å². The molecule has 10 heteroatoms. The van der Waals surface area contributed by atoms with E-state index in [1.54, 1.807) is 0 Å². The third-order valence-corrected chi connectivity index (χ3v) is 4.35. The van der Waals surface area contributed by atoms with Crippen molar-refractivity contribution in [1.29, 1.82) is 0 Å². The van der Waals surface area contributed by atoms with Crippen LogP contribution in [0.25, 0.3) is 0 Å². The minimum Gasteiger partial charge on any atom is -0.480 e. The van der Waals surface area contributed by atoms with Gasteiger partial charge in [0.2, 0.25) is 0 Å². The molecule has 6 nitrogen and oxygen atoms in total. The zero-order valence-electron chi connectivity index (χ0n) is 9.96. The summed E-state index contributed by atoms with van der Waals surface area (Å²) in [5.41, 5.74) is 6.25. The molecule has 0 saturated carbocycles. The van der Waals surface area contributed by atoms with Crippen LogP contribution >= 0.6 is 23.5 Å². The third-order valence-electron chi connectivity index (χ3n) is 2.46. The van der Waals surface area contributed by atoms with Crippen molar-refractivity contribution in [1.82, 2.24) is 0 Å². The molecule has 1 unspecified atom stereocenters. The quantitative estimate of drug-likeness (QED) is 0.713. The zero-order valence-corrected chi connectivity index (χ0v) is 12.4. The molecular formula is C10H11BrF2NO5P. The van der Waals surface area contributed by atoms with Gasteiger partial charge < -0.3 is 10.8 Å².